The van der Waals surface area contributed by atoms with Crippen LogP contribution in [0.2, 0.25) is 0 Å². The van der Waals surface area contributed by atoms with Gasteiger partial charge in [-0.05, 0) is 19.1 Å². The maximum Gasteiger partial charge on any atom is 0.407 e. The number of alkyl carbamates (subject to hydrolysis) is 1. The van der Waals surface area contributed by atoms with Crippen LogP contribution in [0.3, 0.4) is 0 Å². The van der Waals surface area contributed by atoms with E-state index in [1.54, 1.807) is 25.1 Å². The zero-order chi connectivity index (χ0) is 17.1. The molecule has 10 heteroatoms. The van der Waals surface area contributed by atoms with E-state index in [2.05, 4.69) is 10.0 Å². The van der Waals surface area contributed by atoms with Crippen LogP contribution in [0.15, 0.2) is 35.2 Å². The lowest BCUT2D eigenvalue weighted by Crippen LogP contribution is -2.50. The number of benzene rings is 1. The van der Waals surface area contributed by atoms with Crippen molar-refractivity contribution in [1.82, 2.24) is 10.0 Å². The summed E-state index contributed by atoms with van der Waals surface area (Å²) in [5.41, 5.74) is 0. The zero-order valence-electron chi connectivity index (χ0n) is 12.4. The first kappa shape index (κ1) is 17.7. The van der Waals surface area contributed by atoms with E-state index in [0.717, 1.165) is 0 Å². The Morgan fingerprint density at radius 2 is 1.83 bits per heavy atom. The van der Waals surface area contributed by atoms with Crippen LogP contribution in [-0.4, -0.2) is 53.1 Å². The SMILES string of the molecule is CCOC(=O)N[C@H]1CS(=O)(=O)C[C@H]1NS(=O)(=O)c1ccccc1. The summed E-state index contributed by atoms with van der Waals surface area (Å²) in [7, 11) is -7.34. The fraction of sp³-hybridized carbons (Fsp3) is 0.462. The predicted molar refractivity (Wildman–Crippen MR) is 83.2 cm³/mol. The van der Waals surface area contributed by atoms with Crippen molar-refractivity contribution >= 4 is 26.0 Å². The molecule has 1 aromatic carbocycles. The highest BCUT2D eigenvalue weighted by atomic mass is 32.2. The number of hydrogen-bond donors (Lipinski definition) is 2. The number of sulfonamides is 1. The summed E-state index contributed by atoms with van der Waals surface area (Å²) >= 11 is 0. The molecule has 1 fully saturated rings. The monoisotopic (exact) mass is 362 g/mol. The normalized spacial score (nSPS) is 23.3. The Hall–Kier alpha value is -1.65. The van der Waals surface area contributed by atoms with Crippen LogP contribution in [-0.2, 0) is 24.6 Å². The van der Waals surface area contributed by atoms with Crippen molar-refractivity contribution in [2.45, 2.75) is 23.9 Å². The van der Waals surface area contributed by atoms with E-state index < -0.39 is 38.0 Å². The first-order valence-electron chi connectivity index (χ1n) is 6.94. The number of rotatable bonds is 5. The molecule has 1 amide bonds. The van der Waals surface area contributed by atoms with Gasteiger partial charge in [-0.1, -0.05) is 18.2 Å². The molecule has 0 aliphatic carbocycles. The van der Waals surface area contributed by atoms with Crippen LogP contribution in [0.1, 0.15) is 6.92 Å². The van der Waals surface area contributed by atoms with Crippen LogP contribution < -0.4 is 10.0 Å². The Morgan fingerprint density at radius 1 is 1.22 bits per heavy atom. The summed E-state index contributed by atoms with van der Waals surface area (Å²) in [5.74, 6) is -0.718. The van der Waals surface area contributed by atoms with Crippen molar-refractivity contribution in [1.29, 1.82) is 0 Å². The molecule has 8 nitrogen and oxygen atoms in total. The Bertz CT molecular complexity index is 761. The van der Waals surface area contributed by atoms with Crippen molar-refractivity contribution in [3.63, 3.8) is 0 Å². The van der Waals surface area contributed by atoms with E-state index in [0.29, 0.717) is 0 Å². The van der Waals surface area contributed by atoms with Crippen molar-refractivity contribution in [3.8, 4) is 0 Å². The summed E-state index contributed by atoms with van der Waals surface area (Å²) < 4.78 is 55.2. The minimum Gasteiger partial charge on any atom is -0.450 e. The van der Waals surface area contributed by atoms with Gasteiger partial charge in [-0.2, -0.15) is 0 Å². The quantitative estimate of drug-likeness (QED) is 0.754. The number of nitrogens with one attached hydrogen (secondary N) is 2. The third-order valence-electron chi connectivity index (χ3n) is 3.29. The summed E-state index contributed by atoms with van der Waals surface area (Å²) in [4.78, 5) is 11.5. The number of hydrogen-bond acceptors (Lipinski definition) is 6. The highest BCUT2D eigenvalue weighted by Crippen LogP contribution is 2.16. The number of sulfone groups is 1. The number of carbonyl (C=O) groups excluding carboxylic acids is 1. The van der Waals surface area contributed by atoms with Gasteiger partial charge in [-0.15, -0.1) is 0 Å². The Labute approximate surface area is 135 Å². The third kappa shape index (κ3) is 4.66. The highest BCUT2D eigenvalue weighted by Gasteiger charge is 2.41. The molecule has 1 aliphatic heterocycles. The lowest BCUT2D eigenvalue weighted by Gasteiger charge is -2.20. The molecule has 0 aromatic heterocycles. The van der Waals surface area contributed by atoms with E-state index in [1.165, 1.54) is 12.1 Å². The molecule has 0 bridgehead atoms. The minimum atomic E-state index is -3.88. The fourth-order valence-electron chi connectivity index (χ4n) is 2.30. The van der Waals surface area contributed by atoms with Crippen molar-refractivity contribution in [2.24, 2.45) is 0 Å². The molecule has 2 rings (SSSR count). The molecule has 0 radical (unpaired) electrons. The molecule has 1 aliphatic rings. The minimum absolute atomic E-state index is 0.0270. The summed E-state index contributed by atoms with van der Waals surface area (Å²) in [5, 5.41) is 2.39. The lowest BCUT2D eigenvalue weighted by molar-refractivity contribution is 0.148. The van der Waals surface area contributed by atoms with E-state index >= 15 is 0 Å². The first-order valence-corrected chi connectivity index (χ1v) is 10.2. The van der Waals surface area contributed by atoms with Gasteiger partial charge >= 0.3 is 6.09 Å². The molecule has 1 aromatic rings. The van der Waals surface area contributed by atoms with Crippen LogP contribution in [0, 0.1) is 0 Å². The highest BCUT2D eigenvalue weighted by molar-refractivity contribution is 7.92. The number of ether oxygens (including phenoxy) is 1. The van der Waals surface area contributed by atoms with Gasteiger partial charge in [0.1, 0.15) is 0 Å². The average Bonchev–Trinajstić information content (AvgIpc) is 2.73. The van der Waals surface area contributed by atoms with Crippen molar-refractivity contribution in [2.75, 3.05) is 18.1 Å². The molecule has 23 heavy (non-hydrogen) atoms. The number of carbonyl (C=O) groups is 1. The second kappa shape index (κ2) is 6.85. The fourth-order valence-corrected chi connectivity index (χ4v) is 5.56. The predicted octanol–water partition coefficient (Wildman–Crippen LogP) is -0.123. The summed E-state index contributed by atoms with van der Waals surface area (Å²) in [6, 6.07) is 5.78. The van der Waals surface area contributed by atoms with Gasteiger partial charge in [0, 0.05) is 0 Å². The van der Waals surface area contributed by atoms with E-state index in [4.69, 9.17) is 4.74 Å². The smallest absolute Gasteiger partial charge is 0.407 e. The van der Waals surface area contributed by atoms with Gasteiger partial charge in [0.25, 0.3) is 0 Å². The van der Waals surface area contributed by atoms with E-state index in [9.17, 15) is 21.6 Å². The Morgan fingerprint density at radius 3 is 2.43 bits per heavy atom. The topological polar surface area (TPSA) is 119 Å². The third-order valence-corrected chi connectivity index (χ3v) is 6.53. The van der Waals surface area contributed by atoms with E-state index in [-0.39, 0.29) is 23.0 Å². The molecule has 2 N–H and O–H groups in total. The largest absolute Gasteiger partial charge is 0.450 e. The molecule has 0 spiro atoms. The van der Waals surface area contributed by atoms with Gasteiger partial charge in [0.05, 0.1) is 35.1 Å². The molecule has 2 atom stereocenters. The van der Waals surface area contributed by atoms with E-state index in [1.807, 2.05) is 0 Å². The summed E-state index contributed by atoms with van der Waals surface area (Å²) in [6.45, 7) is 1.74. The van der Waals surface area contributed by atoms with Crippen molar-refractivity contribution in [3.05, 3.63) is 30.3 Å². The second-order valence-electron chi connectivity index (χ2n) is 5.09. The standard InChI is InChI=1S/C13H18N2O6S2/c1-2-21-13(16)14-11-8-22(17,18)9-12(11)15-23(19,20)10-6-4-3-5-7-10/h3-7,11-12,15H,2,8-9H2,1H3,(H,14,16)/t11-,12+/m0/s1. The Kier molecular flexibility index (Phi) is 5.27. The molecule has 0 saturated carbocycles. The van der Waals surface area contributed by atoms with Gasteiger partial charge in [0.2, 0.25) is 10.0 Å². The molecule has 128 valence electrons. The first-order chi connectivity index (χ1) is 10.7. The molecule has 1 heterocycles. The number of amides is 1. The van der Waals surface area contributed by atoms with Gasteiger partial charge in [-0.3, -0.25) is 0 Å². The van der Waals surface area contributed by atoms with Gasteiger partial charge < -0.3 is 10.1 Å². The molecular formula is C13H18N2O6S2. The summed E-state index contributed by atoms with van der Waals surface area (Å²) in [6.07, 6.45) is -0.779. The van der Waals surface area contributed by atoms with Gasteiger partial charge in [0.15, 0.2) is 9.84 Å². The van der Waals surface area contributed by atoms with Crippen LogP contribution >= 0.6 is 0 Å². The van der Waals surface area contributed by atoms with Crippen LogP contribution in [0.4, 0.5) is 4.79 Å². The second-order valence-corrected chi connectivity index (χ2v) is 8.96. The maximum atomic E-state index is 12.3. The molecule has 1 saturated heterocycles. The Balaban J connectivity index is 2.17. The molecule has 0 unspecified atom stereocenters. The van der Waals surface area contributed by atoms with Crippen molar-refractivity contribution < 1.29 is 26.4 Å². The maximum absolute atomic E-state index is 12.3. The van der Waals surface area contributed by atoms with Gasteiger partial charge in [-0.25, -0.2) is 26.4 Å². The molecular weight excluding hydrogens is 344 g/mol. The van der Waals surface area contributed by atoms with Crippen LogP contribution in [0.5, 0.6) is 0 Å². The van der Waals surface area contributed by atoms with Crippen LogP contribution in [0.25, 0.3) is 0 Å². The zero-order valence-corrected chi connectivity index (χ0v) is 14.1. The lowest BCUT2D eigenvalue weighted by atomic mass is 10.2. The average molecular weight is 362 g/mol.